The third-order valence-corrected chi connectivity index (χ3v) is 5.22. The fourth-order valence-corrected chi connectivity index (χ4v) is 2.94. The van der Waals surface area contributed by atoms with Gasteiger partial charge in [0.25, 0.3) is 0 Å². The molecule has 3 nitrogen and oxygen atoms in total. The first-order valence-corrected chi connectivity index (χ1v) is 9.07. The number of hydrogen-bond acceptors (Lipinski definition) is 3. The van der Waals surface area contributed by atoms with Crippen LogP contribution in [0.2, 0.25) is 0 Å². The molecule has 0 aromatic heterocycles. The van der Waals surface area contributed by atoms with Gasteiger partial charge in [0.2, 0.25) is 0 Å². The molecule has 0 amide bonds. The molecule has 0 aromatic carbocycles. The molecule has 0 saturated heterocycles. The lowest BCUT2D eigenvalue weighted by molar-refractivity contribution is 0.294. The number of nitriles is 1. The van der Waals surface area contributed by atoms with Crippen LogP contribution in [0.25, 0.3) is 0 Å². The molecule has 2 N–H and O–H groups in total. The second-order valence-corrected chi connectivity index (χ2v) is 8.46. The van der Waals surface area contributed by atoms with Crippen molar-refractivity contribution in [2.45, 2.75) is 38.6 Å². The van der Waals surface area contributed by atoms with E-state index in [1.807, 2.05) is 13.7 Å². The zero-order valence-corrected chi connectivity index (χ0v) is 12.7. The van der Waals surface area contributed by atoms with E-state index in [4.69, 9.17) is 5.26 Å². The Morgan fingerprint density at radius 2 is 1.94 bits per heavy atom. The summed E-state index contributed by atoms with van der Waals surface area (Å²) in [5.74, 6) is 2.35. The Labute approximate surface area is 107 Å². The van der Waals surface area contributed by atoms with Crippen LogP contribution >= 0.6 is 6.89 Å². The molecule has 0 bridgehead atoms. The van der Waals surface area contributed by atoms with Crippen LogP contribution in [0.15, 0.2) is 0 Å². The molecule has 0 saturated carbocycles. The van der Waals surface area contributed by atoms with E-state index in [0.29, 0.717) is 0 Å². The van der Waals surface area contributed by atoms with E-state index in [1.165, 1.54) is 0 Å². The van der Waals surface area contributed by atoms with E-state index in [-0.39, 0.29) is 5.54 Å². The molecule has 0 radical (unpaired) electrons. The van der Waals surface area contributed by atoms with Gasteiger partial charge in [-0.25, -0.2) is 0 Å². The summed E-state index contributed by atoms with van der Waals surface area (Å²) in [5, 5.41) is 15.8. The van der Waals surface area contributed by atoms with Crippen molar-refractivity contribution in [3.63, 3.8) is 0 Å². The maximum absolute atomic E-state index is 8.94. The van der Waals surface area contributed by atoms with E-state index in [9.17, 15) is 0 Å². The average Bonchev–Trinajstić information content (AvgIpc) is 2.33. The van der Waals surface area contributed by atoms with Crippen LogP contribution in [0.5, 0.6) is 0 Å². The Morgan fingerprint density at radius 3 is 2.35 bits per heavy atom. The highest BCUT2D eigenvalue weighted by Crippen LogP contribution is 2.38. The van der Waals surface area contributed by atoms with Crippen LogP contribution in [-0.2, 0) is 0 Å². The summed E-state index contributed by atoms with van der Waals surface area (Å²) >= 11 is 0. The Kier molecular flexibility index (Phi) is 7.79. The third kappa shape index (κ3) is 6.27. The number of rotatable bonds is 9. The van der Waals surface area contributed by atoms with E-state index in [0.717, 1.165) is 38.5 Å². The summed E-state index contributed by atoms with van der Waals surface area (Å²) < 4.78 is 0. The molecule has 4 heteroatoms. The molecule has 0 fully saturated rings. The summed E-state index contributed by atoms with van der Waals surface area (Å²) in [6.45, 7) is 6.89. The zero-order valence-electron chi connectivity index (χ0n) is 11.8. The second kappa shape index (κ2) is 7.93. The van der Waals surface area contributed by atoms with E-state index in [2.05, 4.69) is 36.6 Å². The van der Waals surface area contributed by atoms with Gasteiger partial charge >= 0.3 is 0 Å². The fraction of sp³-hybridized carbons (Fsp3) is 0.846. The summed E-state index contributed by atoms with van der Waals surface area (Å²) in [6, 6.07) is 0. The van der Waals surface area contributed by atoms with Crippen molar-refractivity contribution >= 4 is 13.2 Å². The molecule has 0 aliphatic rings. The highest BCUT2D eigenvalue weighted by molar-refractivity contribution is 7.77. The van der Waals surface area contributed by atoms with Gasteiger partial charge in [-0.2, -0.15) is 5.26 Å². The van der Waals surface area contributed by atoms with Gasteiger partial charge in [0.15, 0.2) is 0 Å². The molecular formula is C13H28N3P. The lowest BCUT2D eigenvalue weighted by atomic mass is 9.92. The molecule has 0 rings (SSSR count). The number of nitrogens with zero attached hydrogens (tertiary/aromatic N) is 1. The van der Waals surface area contributed by atoms with Gasteiger partial charge < -0.3 is 10.6 Å². The summed E-state index contributed by atoms with van der Waals surface area (Å²) in [7, 11) is 2.00. The van der Waals surface area contributed by atoms with Gasteiger partial charge in [-0.3, -0.25) is 0 Å². The molecule has 1 unspecified atom stereocenters. The second-order valence-electron chi connectivity index (χ2n) is 5.02. The normalized spacial score (nSPS) is 15.2. The fourth-order valence-electron chi connectivity index (χ4n) is 1.98. The average molecular weight is 257 g/mol. The topological polar surface area (TPSA) is 47.9 Å². The van der Waals surface area contributed by atoms with Crippen molar-refractivity contribution in [3.8, 4) is 5.81 Å². The highest BCUT2D eigenvalue weighted by atomic mass is 31.2. The van der Waals surface area contributed by atoms with Crippen molar-refractivity contribution in [2.75, 3.05) is 33.0 Å². The van der Waals surface area contributed by atoms with Gasteiger partial charge in [0.05, 0.1) is 5.81 Å². The summed E-state index contributed by atoms with van der Waals surface area (Å²) in [4.78, 5) is 0. The van der Waals surface area contributed by atoms with Gasteiger partial charge in [0, 0.05) is 12.1 Å². The van der Waals surface area contributed by atoms with Gasteiger partial charge in [0.1, 0.15) is 0 Å². The molecule has 0 aromatic rings. The summed E-state index contributed by atoms with van der Waals surface area (Å²) in [5.41, 5.74) is 0.206. The maximum atomic E-state index is 8.94. The van der Waals surface area contributed by atoms with Crippen LogP contribution in [0.1, 0.15) is 33.1 Å². The molecule has 100 valence electrons. The van der Waals surface area contributed by atoms with E-state index >= 15 is 0 Å². The minimum Gasteiger partial charge on any atom is -0.318 e. The first-order valence-electron chi connectivity index (χ1n) is 6.46. The van der Waals surface area contributed by atoms with Crippen LogP contribution in [0.4, 0.5) is 0 Å². The Hall–Kier alpha value is -0.290. The monoisotopic (exact) mass is 257 g/mol. The number of likely N-dealkylation sites (N-methyl/N-ethyl adjacent to an activating group) is 1. The molecule has 0 aliphatic carbocycles. The van der Waals surface area contributed by atoms with Gasteiger partial charge in [-0.15, -0.1) is 0 Å². The van der Waals surface area contributed by atoms with Crippen LogP contribution in [0.3, 0.4) is 0 Å². The molecule has 0 heterocycles. The zero-order chi connectivity index (χ0) is 13.4. The molecular weight excluding hydrogens is 229 g/mol. The Balaban J connectivity index is 4.08. The quantitative estimate of drug-likeness (QED) is 0.492. The molecule has 17 heavy (non-hydrogen) atoms. The standard InChI is InChI=1S/C13H28N3P/c1-6-13(7-2,11-15-3)16-9-8-10-17(4,5)12-14/h15-16H,4,6-11H2,1-3,5H3. The number of nitrogens with one attached hydrogen (secondary N) is 2. The van der Waals surface area contributed by atoms with Crippen LogP contribution in [-0.4, -0.2) is 44.8 Å². The van der Waals surface area contributed by atoms with Crippen molar-refractivity contribution in [3.05, 3.63) is 0 Å². The van der Waals surface area contributed by atoms with Crippen molar-refractivity contribution < 1.29 is 0 Å². The lowest BCUT2D eigenvalue weighted by Crippen LogP contribution is -2.51. The predicted octanol–water partition coefficient (Wildman–Crippen LogP) is 2.30. The largest absolute Gasteiger partial charge is 0.318 e. The predicted molar refractivity (Wildman–Crippen MR) is 80.3 cm³/mol. The van der Waals surface area contributed by atoms with E-state index in [1.54, 1.807) is 0 Å². The lowest BCUT2D eigenvalue weighted by Gasteiger charge is -2.33. The summed E-state index contributed by atoms with van der Waals surface area (Å²) in [6.07, 6.45) is 8.26. The Bertz CT molecular complexity index is 290. The van der Waals surface area contributed by atoms with Gasteiger partial charge in [-0.05, 0) is 52.6 Å². The van der Waals surface area contributed by atoms with Crippen molar-refractivity contribution in [1.29, 1.82) is 5.26 Å². The smallest absolute Gasteiger partial charge is 0.0852 e. The van der Waals surface area contributed by atoms with Gasteiger partial charge in [-0.1, -0.05) is 20.1 Å². The van der Waals surface area contributed by atoms with Crippen LogP contribution < -0.4 is 10.6 Å². The van der Waals surface area contributed by atoms with Crippen LogP contribution in [0, 0.1) is 11.1 Å². The SMILES string of the molecule is C=P(C)(C#N)CCCNC(CC)(CC)CNC. The minimum absolute atomic E-state index is 0.206. The van der Waals surface area contributed by atoms with Crippen molar-refractivity contribution in [2.24, 2.45) is 0 Å². The minimum atomic E-state index is -1.54. The first-order chi connectivity index (χ1) is 7.95. The van der Waals surface area contributed by atoms with Crippen molar-refractivity contribution in [1.82, 2.24) is 10.6 Å². The first kappa shape index (κ1) is 16.7. The molecule has 0 spiro atoms. The molecule has 0 aliphatic heterocycles. The Morgan fingerprint density at radius 1 is 1.35 bits per heavy atom. The highest BCUT2D eigenvalue weighted by Gasteiger charge is 2.23. The molecule has 1 atom stereocenters. The van der Waals surface area contributed by atoms with E-state index < -0.39 is 6.89 Å². The number of hydrogen-bond donors (Lipinski definition) is 2. The maximum Gasteiger partial charge on any atom is 0.0852 e. The third-order valence-electron chi connectivity index (χ3n) is 3.44.